The number of anilines is 1. The molecule has 1 saturated carbocycles. The molecule has 16 heavy (non-hydrogen) atoms. The SMILES string of the molecule is CCC(CC1CC1)Nc1nc(C(=O)O)co1. The van der Waals surface area contributed by atoms with E-state index in [1.165, 1.54) is 12.8 Å². The Balaban J connectivity index is 1.92. The third-order valence-corrected chi connectivity index (χ3v) is 2.86. The van der Waals surface area contributed by atoms with Gasteiger partial charge in [-0.15, -0.1) is 0 Å². The lowest BCUT2D eigenvalue weighted by Crippen LogP contribution is -2.19. The van der Waals surface area contributed by atoms with E-state index in [2.05, 4.69) is 17.2 Å². The molecule has 2 N–H and O–H groups in total. The van der Waals surface area contributed by atoms with Gasteiger partial charge in [0.1, 0.15) is 6.26 Å². The Bertz CT molecular complexity index is 371. The minimum atomic E-state index is -1.06. The lowest BCUT2D eigenvalue weighted by atomic mass is 10.1. The predicted molar refractivity (Wildman–Crippen MR) is 58.5 cm³/mol. The quantitative estimate of drug-likeness (QED) is 0.775. The van der Waals surface area contributed by atoms with E-state index in [0.29, 0.717) is 12.1 Å². The fraction of sp³-hybridized carbons (Fsp3) is 0.636. The number of rotatable bonds is 6. The van der Waals surface area contributed by atoms with Crippen LogP contribution in [0.5, 0.6) is 0 Å². The van der Waals surface area contributed by atoms with Crippen molar-refractivity contribution in [2.45, 2.75) is 38.6 Å². The Hall–Kier alpha value is -1.52. The standard InChI is InChI=1S/C11H16N2O3/c1-2-8(5-7-3-4-7)12-11-13-9(6-16-11)10(14)15/h6-8H,2-5H2,1H3,(H,12,13)(H,14,15). The highest BCUT2D eigenvalue weighted by atomic mass is 16.4. The van der Waals surface area contributed by atoms with E-state index in [4.69, 9.17) is 9.52 Å². The highest BCUT2D eigenvalue weighted by Crippen LogP contribution is 2.34. The van der Waals surface area contributed by atoms with E-state index < -0.39 is 5.97 Å². The molecule has 0 amide bonds. The first kappa shape index (κ1) is 11.0. The lowest BCUT2D eigenvalue weighted by Gasteiger charge is -2.14. The van der Waals surface area contributed by atoms with Crippen LogP contribution in [0.2, 0.25) is 0 Å². The summed E-state index contributed by atoms with van der Waals surface area (Å²) in [5, 5.41) is 11.8. The molecule has 0 bridgehead atoms. The Morgan fingerprint density at radius 2 is 2.50 bits per heavy atom. The van der Waals surface area contributed by atoms with Crippen LogP contribution in [0.15, 0.2) is 10.7 Å². The van der Waals surface area contributed by atoms with Crippen molar-refractivity contribution in [1.82, 2.24) is 4.98 Å². The van der Waals surface area contributed by atoms with Crippen LogP contribution in [0, 0.1) is 5.92 Å². The van der Waals surface area contributed by atoms with Crippen LogP contribution in [-0.2, 0) is 0 Å². The largest absolute Gasteiger partial charge is 0.476 e. The molecule has 1 aliphatic rings. The van der Waals surface area contributed by atoms with E-state index in [0.717, 1.165) is 25.0 Å². The number of nitrogens with one attached hydrogen (secondary N) is 1. The number of nitrogens with zero attached hydrogens (tertiary/aromatic N) is 1. The Morgan fingerprint density at radius 3 is 3.00 bits per heavy atom. The number of aromatic nitrogens is 1. The molecule has 0 spiro atoms. The Morgan fingerprint density at radius 1 is 1.75 bits per heavy atom. The van der Waals surface area contributed by atoms with Gasteiger partial charge in [-0.25, -0.2) is 4.79 Å². The van der Waals surface area contributed by atoms with E-state index in [1.807, 2.05) is 0 Å². The molecule has 1 fully saturated rings. The van der Waals surface area contributed by atoms with Crippen LogP contribution in [0.4, 0.5) is 6.01 Å². The van der Waals surface area contributed by atoms with Gasteiger partial charge in [0.2, 0.25) is 0 Å². The van der Waals surface area contributed by atoms with Crippen LogP contribution in [0.25, 0.3) is 0 Å². The molecule has 1 aromatic heterocycles. The van der Waals surface area contributed by atoms with Crippen molar-refractivity contribution in [2.75, 3.05) is 5.32 Å². The maximum absolute atomic E-state index is 10.6. The van der Waals surface area contributed by atoms with Gasteiger partial charge in [0.25, 0.3) is 6.01 Å². The molecular weight excluding hydrogens is 208 g/mol. The molecule has 1 heterocycles. The molecule has 0 saturated heterocycles. The molecule has 0 radical (unpaired) electrons. The van der Waals surface area contributed by atoms with E-state index in [1.54, 1.807) is 0 Å². The van der Waals surface area contributed by atoms with Crippen molar-refractivity contribution >= 4 is 12.0 Å². The molecule has 5 nitrogen and oxygen atoms in total. The molecule has 88 valence electrons. The molecule has 0 aromatic carbocycles. The fourth-order valence-corrected chi connectivity index (χ4v) is 1.70. The molecule has 5 heteroatoms. The van der Waals surface area contributed by atoms with Gasteiger partial charge < -0.3 is 14.8 Å². The van der Waals surface area contributed by atoms with Crippen molar-refractivity contribution in [3.63, 3.8) is 0 Å². The zero-order chi connectivity index (χ0) is 11.5. The topological polar surface area (TPSA) is 75.4 Å². The van der Waals surface area contributed by atoms with Crippen molar-refractivity contribution in [1.29, 1.82) is 0 Å². The maximum atomic E-state index is 10.6. The molecule has 0 aliphatic heterocycles. The van der Waals surface area contributed by atoms with Crippen LogP contribution < -0.4 is 5.32 Å². The summed E-state index contributed by atoms with van der Waals surface area (Å²) in [7, 11) is 0. The summed E-state index contributed by atoms with van der Waals surface area (Å²) in [5.74, 6) is -0.238. The molecule has 1 aliphatic carbocycles. The average molecular weight is 224 g/mol. The maximum Gasteiger partial charge on any atom is 0.357 e. The van der Waals surface area contributed by atoms with Crippen LogP contribution in [0.1, 0.15) is 43.1 Å². The number of aromatic carboxylic acids is 1. The summed E-state index contributed by atoms with van der Waals surface area (Å²) in [6, 6.07) is 0.637. The zero-order valence-electron chi connectivity index (χ0n) is 9.27. The zero-order valence-corrected chi connectivity index (χ0v) is 9.27. The first-order valence-electron chi connectivity index (χ1n) is 5.64. The summed E-state index contributed by atoms with van der Waals surface area (Å²) in [5.41, 5.74) is -0.0521. The number of carbonyl (C=O) groups is 1. The second kappa shape index (κ2) is 4.55. The van der Waals surface area contributed by atoms with Gasteiger partial charge >= 0.3 is 5.97 Å². The van der Waals surface area contributed by atoms with Crippen molar-refractivity contribution in [3.8, 4) is 0 Å². The predicted octanol–water partition coefficient (Wildman–Crippen LogP) is 2.36. The van der Waals surface area contributed by atoms with Gasteiger partial charge in [-0.3, -0.25) is 0 Å². The highest BCUT2D eigenvalue weighted by Gasteiger charge is 2.25. The van der Waals surface area contributed by atoms with E-state index in [-0.39, 0.29) is 5.69 Å². The van der Waals surface area contributed by atoms with Gasteiger partial charge in [0, 0.05) is 6.04 Å². The number of carboxylic acid groups (broad SMARTS) is 1. The number of carboxylic acids is 1. The number of hydrogen-bond donors (Lipinski definition) is 2. The normalized spacial score (nSPS) is 17.1. The van der Waals surface area contributed by atoms with Crippen LogP contribution in [0.3, 0.4) is 0 Å². The minimum absolute atomic E-state index is 0.0521. The summed E-state index contributed by atoms with van der Waals surface area (Å²) < 4.78 is 5.06. The second-order valence-corrected chi connectivity index (χ2v) is 4.27. The van der Waals surface area contributed by atoms with Crippen LogP contribution >= 0.6 is 0 Å². The number of hydrogen-bond acceptors (Lipinski definition) is 4. The number of oxazole rings is 1. The van der Waals surface area contributed by atoms with Crippen molar-refractivity contribution < 1.29 is 14.3 Å². The molecule has 1 aromatic rings. The fourth-order valence-electron chi connectivity index (χ4n) is 1.70. The summed E-state index contributed by atoms with van der Waals surface area (Å²) in [6.07, 6.45) is 5.88. The molecule has 1 atom stereocenters. The lowest BCUT2D eigenvalue weighted by molar-refractivity contribution is 0.0690. The van der Waals surface area contributed by atoms with Gasteiger partial charge in [0.05, 0.1) is 0 Å². The second-order valence-electron chi connectivity index (χ2n) is 4.27. The molecule has 2 rings (SSSR count). The van der Waals surface area contributed by atoms with Gasteiger partial charge in [-0.05, 0) is 18.8 Å². The summed E-state index contributed by atoms with van der Waals surface area (Å²) in [4.78, 5) is 14.5. The third-order valence-electron chi connectivity index (χ3n) is 2.86. The smallest absolute Gasteiger partial charge is 0.357 e. The van der Waals surface area contributed by atoms with Gasteiger partial charge in [0.15, 0.2) is 5.69 Å². The molecular formula is C11H16N2O3. The van der Waals surface area contributed by atoms with E-state index in [9.17, 15) is 4.79 Å². The first-order valence-corrected chi connectivity index (χ1v) is 5.64. The Kier molecular flexibility index (Phi) is 3.12. The molecule has 1 unspecified atom stereocenters. The Labute approximate surface area is 93.9 Å². The highest BCUT2D eigenvalue weighted by molar-refractivity contribution is 5.85. The average Bonchev–Trinajstić information content (AvgIpc) is 2.93. The van der Waals surface area contributed by atoms with E-state index >= 15 is 0 Å². The van der Waals surface area contributed by atoms with Crippen LogP contribution in [-0.4, -0.2) is 22.1 Å². The van der Waals surface area contributed by atoms with Gasteiger partial charge in [-0.2, -0.15) is 4.98 Å². The van der Waals surface area contributed by atoms with Crippen molar-refractivity contribution in [2.24, 2.45) is 5.92 Å². The first-order chi connectivity index (χ1) is 7.69. The summed E-state index contributed by atoms with van der Waals surface area (Å²) in [6.45, 7) is 2.10. The minimum Gasteiger partial charge on any atom is -0.476 e. The third kappa shape index (κ3) is 2.74. The van der Waals surface area contributed by atoms with Crippen molar-refractivity contribution in [3.05, 3.63) is 12.0 Å². The van der Waals surface area contributed by atoms with Gasteiger partial charge in [-0.1, -0.05) is 19.8 Å². The monoisotopic (exact) mass is 224 g/mol. The summed E-state index contributed by atoms with van der Waals surface area (Å²) >= 11 is 0.